The van der Waals surface area contributed by atoms with Crippen LogP contribution in [0.2, 0.25) is 0 Å². The number of hydrogen-bond donors (Lipinski definition) is 1. The first-order valence-electron chi connectivity index (χ1n) is 3.20. The van der Waals surface area contributed by atoms with E-state index in [1.54, 1.807) is 7.11 Å². The number of benzene rings is 1. The fourth-order valence-corrected chi connectivity index (χ4v) is 0.762. The van der Waals surface area contributed by atoms with Crippen molar-refractivity contribution in [3.63, 3.8) is 0 Å². The van der Waals surface area contributed by atoms with Crippen LogP contribution >= 0.6 is 24.0 Å². The third-order valence-electron chi connectivity index (χ3n) is 1.39. The van der Waals surface area contributed by atoms with E-state index in [0.29, 0.717) is 6.54 Å². The zero-order chi connectivity index (χ0) is 7.40. The number of methoxy groups -OCH3 is 1. The Morgan fingerprint density at radius 3 is 2.18 bits per heavy atom. The van der Waals surface area contributed by atoms with E-state index in [2.05, 4.69) is 0 Å². The van der Waals surface area contributed by atoms with E-state index in [9.17, 15) is 0 Å². The summed E-state index contributed by atoms with van der Waals surface area (Å²) in [5.41, 5.74) is 6.53. The van der Waals surface area contributed by atoms with Gasteiger partial charge in [-0.3, -0.25) is 0 Å². The maximum Gasteiger partial charge on any atom is 0.118 e. The summed E-state index contributed by atoms with van der Waals surface area (Å²) < 4.78 is 4.97. The van der Waals surface area contributed by atoms with E-state index in [1.807, 2.05) is 24.3 Å². The Bertz CT molecular complexity index is 175. The fourth-order valence-electron chi connectivity index (χ4n) is 0.762. The Labute approximate surface area is 83.8 Å². The largest absolute Gasteiger partial charge is 0.497 e. The topological polar surface area (TPSA) is 35.2 Å². The highest BCUT2D eigenvalue weighted by Gasteiger charge is 1.89. The van der Waals surface area contributed by atoms with E-state index < -0.39 is 0 Å². The second-order valence-electron chi connectivity index (χ2n) is 2.05. The summed E-state index contributed by atoms with van der Waals surface area (Å²) in [6.07, 6.45) is 0. The van der Waals surface area contributed by atoms with E-state index in [1.165, 1.54) is 0 Å². The van der Waals surface area contributed by atoms with Crippen LogP contribution in [0.1, 0.15) is 5.56 Å². The van der Waals surface area contributed by atoms with Gasteiger partial charge in [-0.2, -0.15) is 0 Å². The van der Waals surface area contributed by atoms with Crippen LogP contribution in [0.3, 0.4) is 0 Å². The van der Waals surface area contributed by atoms with Crippen LogP contribution in [-0.2, 0) is 6.54 Å². The molecule has 0 aromatic heterocycles. The first-order chi connectivity index (χ1) is 4.86. The molecule has 2 nitrogen and oxygen atoms in total. The molecule has 0 bridgehead atoms. The zero-order valence-electron chi connectivity index (χ0n) is 6.41. The molecule has 11 heavy (non-hydrogen) atoms. The highest BCUT2D eigenvalue weighted by Crippen LogP contribution is 2.09. The van der Waals surface area contributed by atoms with Crippen LogP contribution in [0.25, 0.3) is 0 Å². The molecule has 0 aliphatic heterocycles. The number of rotatable bonds is 2. The Kier molecular flexibility index (Phi) is 5.23. The van der Waals surface area contributed by atoms with Gasteiger partial charge in [0.05, 0.1) is 7.11 Å². The second-order valence-corrected chi connectivity index (χ2v) is 2.05. The van der Waals surface area contributed by atoms with Crippen molar-refractivity contribution in [3.8, 4) is 5.75 Å². The third kappa shape index (κ3) is 3.07. The maximum atomic E-state index is 5.40. The lowest BCUT2D eigenvalue weighted by Gasteiger charge is -1.99. The third-order valence-corrected chi connectivity index (χ3v) is 1.39. The van der Waals surface area contributed by atoms with E-state index >= 15 is 0 Å². The van der Waals surface area contributed by atoms with Crippen molar-refractivity contribution in [2.24, 2.45) is 5.73 Å². The van der Waals surface area contributed by atoms with Crippen LogP contribution in [-0.4, -0.2) is 7.11 Å². The second kappa shape index (κ2) is 5.37. The molecule has 0 aliphatic carbocycles. The normalized spacial score (nSPS) is 8.55. The van der Waals surface area contributed by atoms with E-state index in [4.69, 9.17) is 10.5 Å². The lowest BCUT2D eigenvalue weighted by molar-refractivity contribution is 0.414. The minimum absolute atomic E-state index is 0. The Balaban J connectivity index is 0.000001000. The molecule has 0 saturated carbocycles. The van der Waals surface area contributed by atoms with Crippen molar-refractivity contribution in [2.75, 3.05) is 7.11 Å². The van der Waals surface area contributed by atoms with Gasteiger partial charge in [-0.05, 0) is 17.7 Å². The molecule has 1 rings (SSSR count). The predicted molar refractivity (Wildman–Crippen MR) is 56.3 cm³/mol. The molecule has 0 unspecified atom stereocenters. The molecular weight excluding hydrogens is 253 g/mol. The first kappa shape index (κ1) is 10.7. The highest BCUT2D eigenvalue weighted by molar-refractivity contribution is 14.0. The average Bonchev–Trinajstić information content (AvgIpc) is 2.05. The van der Waals surface area contributed by atoms with Gasteiger partial charge in [-0.1, -0.05) is 12.1 Å². The van der Waals surface area contributed by atoms with E-state index in [0.717, 1.165) is 11.3 Å². The molecule has 0 amide bonds. The van der Waals surface area contributed by atoms with Crippen molar-refractivity contribution < 1.29 is 4.74 Å². The minimum Gasteiger partial charge on any atom is -0.497 e. The highest BCUT2D eigenvalue weighted by atomic mass is 127. The molecular formula is C8H12INO. The molecule has 0 saturated heterocycles. The van der Waals surface area contributed by atoms with Gasteiger partial charge >= 0.3 is 0 Å². The van der Waals surface area contributed by atoms with Crippen LogP contribution in [0.5, 0.6) is 5.75 Å². The number of halogens is 1. The van der Waals surface area contributed by atoms with Gasteiger partial charge in [0.25, 0.3) is 0 Å². The minimum atomic E-state index is 0. The Morgan fingerprint density at radius 1 is 1.27 bits per heavy atom. The molecule has 2 N–H and O–H groups in total. The van der Waals surface area contributed by atoms with Crippen molar-refractivity contribution >= 4 is 24.0 Å². The molecule has 3 heteroatoms. The summed E-state index contributed by atoms with van der Waals surface area (Å²) in [5, 5.41) is 0. The first-order valence-corrected chi connectivity index (χ1v) is 3.20. The molecule has 0 heterocycles. The molecule has 0 fully saturated rings. The van der Waals surface area contributed by atoms with Gasteiger partial charge in [0.1, 0.15) is 5.75 Å². The van der Waals surface area contributed by atoms with Gasteiger partial charge < -0.3 is 10.5 Å². The van der Waals surface area contributed by atoms with Crippen molar-refractivity contribution in [3.05, 3.63) is 29.8 Å². The van der Waals surface area contributed by atoms with Crippen LogP contribution in [0.15, 0.2) is 24.3 Å². The number of ether oxygens (including phenoxy) is 1. The van der Waals surface area contributed by atoms with E-state index in [-0.39, 0.29) is 24.0 Å². The lowest BCUT2D eigenvalue weighted by Crippen LogP contribution is -1.95. The summed E-state index contributed by atoms with van der Waals surface area (Å²) in [6.45, 7) is 0.587. The Hall–Kier alpha value is -0.290. The van der Waals surface area contributed by atoms with Crippen LogP contribution in [0, 0.1) is 0 Å². The molecule has 0 radical (unpaired) electrons. The van der Waals surface area contributed by atoms with Crippen molar-refractivity contribution in [1.82, 2.24) is 0 Å². The molecule has 0 spiro atoms. The van der Waals surface area contributed by atoms with Crippen molar-refractivity contribution in [2.45, 2.75) is 6.54 Å². The lowest BCUT2D eigenvalue weighted by atomic mass is 10.2. The summed E-state index contributed by atoms with van der Waals surface area (Å²) in [6, 6.07) is 7.72. The molecule has 0 atom stereocenters. The zero-order valence-corrected chi connectivity index (χ0v) is 8.74. The van der Waals surface area contributed by atoms with Gasteiger partial charge in [0.2, 0.25) is 0 Å². The van der Waals surface area contributed by atoms with Gasteiger partial charge in [-0.15, -0.1) is 24.0 Å². The molecule has 0 aliphatic rings. The summed E-state index contributed by atoms with van der Waals surface area (Å²) in [5.74, 6) is 0.872. The standard InChI is InChI=1S/C8H11NO.HI/c1-10-8-4-2-7(6-9)3-5-8;/h2-5H,6,9H2,1H3;1H. The van der Waals surface area contributed by atoms with Crippen LogP contribution < -0.4 is 10.5 Å². The quantitative estimate of drug-likeness (QED) is 0.827. The van der Waals surface area contributed by atoms with Gasteiger partial charge in [0, 0.05) is 6.54 Å². The summed E-state index contributed by atoms with van der Waals surface area (Å²) >= 11 is 0. The van der Waals surface area contributed by atoms with Gasteiger partial charge in [0.15, 0.2) is 0 Å². The monoisotopic (exact) mass is 265 g/mol. The predicted octanol–water partition coefficient (Wildman–Crippen LogP) is 1.77. The molecule has 1 aromatic rings. The number of hydrogen-bond acceptors (Lipinski definition) is 2. The summed E-state index contributed by atoms with van der Waals surface area (Å²) in [7, 11) is 1.65. The Morgan fingerprint density at radius 2 is 1.82 bits per heavy atom. The maximum absolute atomic E-state index is 5.40. The summed E-state index contributed by atoms with van der Waals surface area (Å²) in [4.78, 5) is 0. The smallest absolute Gasteiger partial charge is 0.118 e. The van der Waals surface area contributed by atoms with Crippen LogP contribution in [0.4, 0.5) is 0 Å². The SMILES string of the molecule is COc1ccc(CN)cc1.I. The molecule has 62 valence electrons. The number of nitrogens with two attached hydrogens (primary N) is 1. The molecule has 1 aromatic carbocycles. The average molecular weight is 265 g/mol. The van der Waals surface area contributed by atoms with Gasteiger partial charge in [-0.25, -0.2) is 0 Å². The van der Waals surface area contributed by atoms with Crippen molar-refractivity contribution in [1.29, 1.82) is 0 Å². The fraction of sp³-hybridized carbons (Fsp3) is 0.250.